The van der Waals surface area contributed by atoms with E-state index in [1.54, 1.807) is 6.92 Å². The molecule has 1 aliphatic heterocycles. The summed E-state index contributed by atoms with van der Waals surface area (Å²) >= 11 is 0. The Hall–Kier alpha value is -1.88. The first-order chi connectivity index (χ1) is 10.5. The molecule has 2 N–H and O–H groups in total. The third-order valence-electron chi connectivity index (χ3n) is 4.38. The van der Waals surface area contributed by atoms with Crippen molar-refractivity contribution in [3.63, 3.8) is 0 Å². The summed E-state index contributed by atoms with van der Waals surface area (Å²) in [7, 11) is 0. The van der Waals surface area contributed by atoms with Crippen LogP contribution in [-0.2, 0) is 19.7 Å². The summed E-state index contributed by atoms with van der Waals surface area (Å²) < 4.78 is 5.41. The Morgan fingerprint density at radius 3 is 2.41 bits per heavy atom. The lowest BCUT2D eigenvalue weighted by Crippen LogP contribution is -2.49. The largest absolute Gasteiger partial charge is 0.481 e. The van der Waals surface area contributed by atoms with E-state index in [0.29, 0.717) is 26.1 Å². The van der Waals surface area contributed by atoms with Crippen molar-refractivity contribution in [2.75, 3.05) is 19.8 Å². The van der Waals surface area contributed by atoms with Crippen molar-refractivity contribution in [1.29, 1.82) is 0 Å². The Labute approximate surface area is 130 Å². The van der Waals surface area contributed by atoms with Gasteiger partial charge in [0, 0.05) is 19.8 Å². The molecule has 1 aliphatic rings. The maximum Gasteiger partial charge on any atom is 0.308 e. The highest BCUT2D eigenvalue weighted by molar-refractivity contribution is 5.88. The number of nitrogens with one attached hydrogen (secondary N) is 1. The van der Waals surface area contributed by atoms with E-state index in [1.807, 2.05) is 31.2 Å². The van der Waals surface area contributed by atoms with Crippen LogP contribution in [-0.4, -0.2) is 36.7 Å². The molecule has 0 aliphatic carbocycles. The molecular weight excluding hydrogens is 282 g/mol. The van der Waals surface area contributed by atoms with Gasteiger partial charge in [-0.1, -0.05) is 36.8 Å². The van der Waals surface area contributed by atoms with E-state index in [9.17, 15) is 9.59 Å². The first-order valence-electron chi connectivity index (χ1n) is 7.62. The van der Waals surface area contributed by atoms with E-state index >= 15 is 0 Å². The maximum absolute atomic E-state index is 12.8. The third-order valence-corrected chi connectivity index (χ3v) is 4.38. The Bertz CT molecular complexity index is 532. The Balaban J connectivity index is 2.19. The molecular formula is C17H23NO4. The molecule has 1 fully saturated rings. The zero-order chi connectivity index (χ0) is 16.2. The predicted molar refractivity (Wildman–Crippen MR) is 82.7 cm³/mol. The van der Waals surface area contributed by atoms with E-state index in [-0.39, 0.29) is 12.5 Å². The number of carbonyl (C=O) groups excluding carboxylic acids is 1. The molecule has 1 atom stereocenters. The fraction of sp³-hybridized carbons (Fsp3) is 0.529. The van der Waals surface area contributed by atoms with Crippen molar-refractivity contribution in [1.82, 2.24) is 5.32 Å². The molecule has 0 spiro atoms. The second kappa shape index (κ2) is 6.92. The Kier molecular flexibility index (Phi) is 5.19. The van der Waals surface area contributed by atoms with E-state index in [2.05, 4.69) is 5.32 Å². The Morgan fingerprint density at radius 1 is 1.27 bits per heavy atom. The summed E-state index contributed by atoms with van der Waals surface area (Å²) in [5.41, 5.74) is 1.50. The number of aliphatic carboxylic acids is 1. The van der Waals surface area contributed by atoms with Gasteiger partial charge in [0.25, 0.3) is 0 Å². The average molecular weight is 305 g/mol. The molecule has 2 rings (SSSR count). The lowest BCUT2D eigenvalue weighted by atomic mass is 9.73. The number of aryl methyl sites for hydroxylation is 1. The molecule has 5 heteroatoms. The zero-order valence-corrected chi connectivity index (χ0v) is 13.1. The predicted octanol–water partition coefficient (Wildman–Crippen LogP) is 1.88. The summed E-state index contributed by atoms with van der Waals surface area (Å²) in [4.78, 5) is 23.7. The minimum atomic E-state index is -0.906. The molecule has 120 valence electrons. The number of rotatable bonds is 5. The van der Waals surface area contributed by atoms with Crippen LogP contribution < -0.4 is 5.32 Å². The van der Waals surface area contributed by atoms with Crippen LogP contribution >= 0.6 is 0 Å². The molecule has 1 saturated heterocycles. The quantitative estimate of drug-likeness (QED) is 0.871. The van der Waals surface area contributed by atoms with Crippen LogP contribution in [0.1, 0.15) is 30.9 Å². The molecule has 1 amide bonds. The fourth-order valence-corrected chi connectivity index (χ4v) is 2.74. The van der Waals surface area contributed by atoms with Crippen LogP contribution in [0.2, 0.25) is 0 Å². The van der Waals surface area contributed by atoms with Gasteiger partial charge >= 0.3 is 5.97 Å². The van der Waals surface area contributed by atoms with Gasteiger partial charge < -0.3 is 15.2 Å². The minimum absolute atomic E-state index is 0.104. The molecule has 0 radical (unpaired) electrons. The molecule has 0 saturated carbocycles. The van der Waals surface area contributed by atoms with Gasteiger partial charge in [0.1, 0.15) is 0 Å². The second-order valence-electron chi connectivity index (χ2n) is 6.01. The molecule has 1 heterocycles. The average Bonchev–Trinajstić information content (AvgIpc) is 2.53. The molecule has 0 aromatic heterocycles. The Morgan fingerprint density at radius 2 is 1.86 bits per heavy atom. The fourth-order valence-electron chi connectivity index (χ4n) is 2.74. The van der Waals surface area contributed by atoms with E-state index in [4.69, 9.17) is 9.84 Å². The van der Waals surface area contributed by atoms with Crippen LogP contribution in [0.3, 0.4) is 0 Å². The molecule has 5 nitrogen and oxygen atoms in total. The van der Waals surface area contributed by atoms with Crippen LogP contribution in [0, 0.1) is 12.8 Å². The highest BCUT2D eigenvalue weighted by Crippen LogP contribution is 2.35. The normalized spacial score (nSPS) is 18.5. The SMILES string of the molecule is Cc1ccc(C2(C(=O)NCC(C)C(=O)O)CCOCC2)cc1. The highest BCUT2D eigenvalue weighted by Gasteiger charge is 2.41. The number of benzene rings is 1. The van der Waals surface area contributed by atoms with Gasteiger partial charge in [-0.15, -0.1) is 0 Å². The van der Waals surface area contributed by atoms with Gasteiger partial charge in [-0.05, 0) is 25.3 Å². The van der Waals surface area contributed by atoms with Crippen LogP contribution in [0.5, 0.6) is 0 Å². The number of hydrogen-bond donors (Lipinski definition) is 2. The first kappa shape index (κ1) is 16.5. The monoisotopic (exact) mass is 305 g/mol. The number of carboxylic acids is 1. The second-order valence-corrected chi connectivity index (χ2v) is 6.01. The summed E-state index contributed by atoms with van der Waals surface area (Å²) in [6.07, 6.45) is 1.23. The minimum Gasteiger partial charge on any atom is -0.481 e. The summed E-state index contributed by atoms with van der Waals surface area (Å²) in [6, 6.07) is 7.97. The molecule has 1 aromatic rings. The van der Waals surface area contributed by atoms with Crippen LogP contribution in [0.4, 0.5) is 0 Å². The maximum atomic E-state index is 12.8. The van der Waals surface area contributed by atoms with Gasteiger partial charge in [-0.3, -0.25) is 9.59 Å². The summed E-state index contributed by atoms with van der Waals surface area (Å²) in [6.45, 7) is 4.81. The lowest BCUT2D eigenvalue weighted by molar-refractivity contribution is -0.141. The van der Waals surface area contributed by atoms with Crippen molar-refractivity contribution in [3.05, 3.63) is 35.4 Å². The van der Waals surface area contributed by atoms with Gasteiger partial charge in [0.2, 0.25) is 5.91 Å². The number of hydrogen-bond acceptors (Lipinski definition) is 3. The van der Waals surface area contributed by atoms with Gasteiger partial charge in [-0.25, -0.2) is 0 Å². The molecule has 1 unspecified atom stereocenters. The summed E-state index contributed by atoms with van der Waals surface area (Å²) in [5.74, 6) is -1.61. The number of carbonyl (C=O) groups is 2. The third kappa shape index (κ3) is 3.47. The number of ether oxygens (including phenoxy) is 1. The van der Waals surface area contributed by atoms with Crippen molar-refractivity contribution in [2.24, 2.45) is 5.92 Å². The van der Waals surface area contributed by atoms with E-state index < -0.39 is 17.3 Å². The molecule has 22 heavy (non-hydrogen) atoms. The standard InChI is InChI=1S/C17H23NO4/c1-12-3-5-14(6-4-12)17(7-9-22-10-8-17)16(21)18-11-13(2)15(19)20/h3-6,13H,7-11H2,1-2H3,(H,18,21)(H,19,20). The van der Waals surface area contributed by atoms with E-state index in [1.165, 1.54) is 0 Å². The smallest absolute Gasteiger partial charge is 0.308 e. The first-order valence-corrected chi connectivity index (χ1v) is 7.62. The van der Waals surface area contributed by atoms with Crippen molar-refractivity contribution >= 4 is 11.9 Å². The molecule has 0 bridgehead atoms. The van der Waals surface area contributed by atoms with Gasteiger partial charge in [-0.2, -0.15) is 0 Å². The van der Waals surface area contributed by atoms with Crippen LogP contribution in [0.15, 0.2) is 24.3 Å². The molecule has 1 aromatic carbocycles. The van der Waals surface area contributed by atoms with Gasteiger partial charge in [0.05, 0.1) is 11.3 Å². The van der Waals surface area contributed by atoms with Crippen LogP contribution in [0.25, 0.3) is 0 Å². The topological polar surface area (TPSA) is 75.6 Å². The number of amides is 1. The van der Waals surface area contributed by atoms with Gasteiger partial charge in [0.15, 0.2) is 0 Å². The van der Waals surface area contributed by atoms with Crippen molar-refractivity contribution in [3.8, 4) is 0 Å². The zero-order valence-electron chi connectivity index (χ0n) is 13.1. The highest BCUT2D eigenvalue weighted by atomic mass is 16.5. The van der Waals surface area contributed by atoms with Crippen molar-refractivity contribution < 1.29 is 19.4 Å². The van der Waals surface area contributed by atoms with Crippen molar-refractivity contribution in [2.45, 2.75) is 32.1 Å². The number of carboxylic acid groups (broad SMARTS) is 1. The summed E-state index contributed by atoms with van der Waals surface area (Å²) in [5, 5.41) is 11.8. The lowest BCUT2D eigenvalue weighted by Gasteiger charge is -2.36. The van der Waals surface area contributed by atoms with E-state index in [0.717, 1.165) is 11.1 Å².